The fourth-order valence-corrected chi connectivity index (χ4v) is 2.64. The third-order valence-electron chi connectivity index (χ3n) is 3.53. The summed E-state index contributed by atoms with van der Waals surface area (Å²) in [6.45, 7) is 7.28. The highest BCUT2D eigenvalue weighted by Crippen LogP contribution is 2.27. The number of amides is 2. The molecule has 0 spiro atoms. The lowest BCUT2D eigenvalue weighted by Crippen LogP contribution is -2.34. The number of anilines is 2. The van der Waals surface area contributed by atoms with E-state index in [0.717, 1.165) is 6.07 Å². The number of pyridine rings is 1. The summed E-state index contributed by atoms with van der Waals surface area (Å²) in [5.41, 5.74) is 4.16. The minimum atomic E-state index is -1.02. The number of halogens is 1. The van der Waals surface area contributed by atoms with E-state index < -0.39 is 23.6 Å². The highest BCUT2D eigenvalue weighted by atomic mass is 32.1. The number of thiocarbonyl (C=S) groups is 1. The van der Waals surface area contributed by atoms with Crippen LogP contribution in [-0.2, 0) is 9.47 Å². The molecule has 0 radical (unpaired) electrons. The van der Waals surface area contributed by atoms with Crippen molar-refractivity contribution >= 4 is 41.1 Å². The van der Waals surface area contributed by atoms with Crippen LogP contribution in [0, 0.1) is 5.82 Å². The van der Waals surface area contributed by atoms with E-state index in [2.05, 4.69) is 10.3 Å². The maximum atomic E-state index is 14.0. The van der Waals surface area contributed by atoms with Crippen LogP contribution in [0.5, 0.6) is 11.5 Å². The first-order chi connectivity index (χ1) is 14.5. The van der Waals surface area contributed by atoms with Crippen LogP contribution < -0.4 is 20.7 Å². The van der Waals surface area contributed by atoms with Gasteiger partial charge in [0.2, 0.25) is 0 Å². The number of benzene rings is 1. The van der Waals surface area contributed by atoms with E-state index in [-0.39, 0.29) is 16.6 Å². The van der Waals surface area contributed by atoms with Crippen LogP contribution in [0.25, 0.3) is 0 Å². The molecule has 31 heavy (non-hydrogen) atoms. The van der Waals surface area contributed by atoms with Crippen LogP contribution >= 0.6 is 12.2 Å². The molecule has 0 aliphatic heterocycles. The second kappa shape index (κ2) is 10.0. The van der Waals surface area contributed by atoms with Gasteiger partial charge in [-0.1, -0.05) is 0 Å². The Hall–Kier alpha value is -3.47. The summed E-state index contributed by atoms with van der Waals surface area (Å²) in [4.78, 5) is 28.5. The second-order valence-electron chi connectivity index (χ2n) is 7.15. The largest absolute Gasteiger partial charge is 0.456 e. The van der Waals surface area contributed by atoms with Crippen LogP contribution in [0.4, 0.5) is 25.5 Å². The third kappa shape index (κ3) is 7.37. The van der Waals surface area contributed by atoms with Crippen molar-refractivity contribution in [2.45, 2.75) is 33.3 Å². The van der Waals surface area contributed by atoms with Gasteiger partial charge in [-0.25, -0.2) is 19.0 Å². The van der Waals surface area contributed by atoms with Gasteiger partial charge in [0, 0.05) is 12.6 Å². The minimum Gasteiger partial charge on any atom is -0.456 e. The highest BCUT2D eigenvalue weighted by molar-refractivity contribution is 7.80. The van der Waals surface area contributed by atoms with E-state index in [0.29, 0.717) is 18.1 Å². The average molecular weight is 450 g/mol. The fraction of sp³-hybridized carbons (Fsp3) is 0.300. The minimum absolute atomic E-state index is 0.0950. The average Bonchev–Trinajstić information content (AvgIpc) is 2.64. The Balaban J connectivity index is 2.12. The lowest BCUT2D eigenvalue weighted by Gasteiger charge is -2.21. The summed E-state index contributed by atoms with van der Waals surface area (Å²) in [6.07, 6.45) is -0.395. The van der Waals surface area contributed by atoms with Crippen LogP contribution in [0.3, 0.4) is 0 Å². The fourth-order valence-electron chi connectivity index (χ4n) is 2.33. The molecule has 0 fully saturated rings. The Morgan fingerprint density at radius 1 is 1.23 bits per heavy atom. The van der Waals surface area contributed by atoms with E-state index in [9.17, 15) is 14.0 Å². The molecule has 3 N–H and O–H groups in total. The number of nitrogens with zero attached hydrogens (tertiary/aromatic N) is 2. The first-order valence-corrected chi connectivity index (χ1v) is 9.61. The lowest BCUT2D eigenvalue weighted by atomic mass is 10.2. The molecular formula is C20H23FN4O5S. The highest BCUT2D eigenvalue weighted by Gasteiger charge is 2.18. The standard InChI is InChI=1S/C20H23FN4O5S/c1-5-25(19(31)29-17(22)26)16-9-7-13(11-23-16)28-12-6-8-14(21)15(10-12)24-18(27)30-20(2,3)4/h6-11H,5H2,1-4H3,(H2,22,26)(H,24,27). The zero-order valence-corrected chi connectivity index (χ0v) is 18.3. The first kappa shape index (κ1) is 23.8. The number of carbonyl (C=O) groups is 2. The van der Waals surface area contributed by atoms with Gasteiger partial charge in [-0.3, -0.25) is 10.2 Å². The Labute approximate surface area is 184 Å². The molecular weight excluding hydrogens is 427 g/mol. The van der Waals surface area contributed by atoms with E-state index in [1.807, 2.05) is 0 Å². The second-order valence-corrected chi connectivity index (χ2v) is 7.50. The van der Waals surface area contributed by atoms with Crippen molar-refractivity contribution in [3.63, 3.8) is 0 Å². The number of hydrogen-bond donors (Lipinski definition) is 2. The number of carbonyl (C=O) groups excluding carboxylic acids is 2. The molecule has 1 aromatic heterocycles. The molecule has 0 bridgehead atoms. The lowest BCUT2D eigenvalue weighted by molar-refractivity contribution is 0.0635. The van der Waals surface area contributed by atoms with Crippen LogP contribution in [0.15, 0.2) is 36.5 Å². The number of aromatic nitrogens is 1. The van der Waals surface area contributed by atoms with Crippen LogP contribution in [-0.4, -0.2) is 34.5 Å². The van der Waals surface area contributed by atoms with Crippen molar-refractivity contribution in [3.8, 4) is 11.5 Å². The van der Waals surface area contributed by atoms with E-state index in [1.165, 1.54) is 23.2 Å². The topological polar surface area (TPSA) is 116 Å². The van der Waals surface area contributed by atoms with Gasteiger partial charge >= 0.3 is 12.2 Å². The molecule has 0 aliphatic carbocycles. The van der Waals surface area contributed by atoms with Crippen molar-refractivity contribution in [1.82, 2.24) is 4.98 Å². The number of hydrogen-bond acceptors (Lipinski definition) is 7. The van der Waals surface area contributed by atoms with E-state index >= 15 is 0 Å². The van der Waals surface area contributed by atoms with E-state index in [1.54, 1.807) is 39.8 Å². The number of nitrogens with one attached hydrogen (secondary N) is 1. The molecule has 0 atom stereocenters. The Morgan fingerprint density at radius 3 is 2.45 bits per heavy atom. The van der Waals surface area contributed by atoms with Crippen LogP contribution in [0.1, 0.15) is 27.7 Å². The van der Waals surface area contributed by atoms with Crippen molar-refractivity contribution in [1.29, 1.82) is 0 Å². The van der Waals surface area contributed by atoms with Gasteiger partial charge < -0.3 is 19.9 Å². The first-order valence-electron chi connectivity index (χ1n) is 9.20. The monoisotopic (exact) mass is 450 g/mol. The van der Waals surface area contributed by atoms with Gasteiger partial charge in [-0.2, -0.15) is 0 Å². The number of ether oxygens (including phenoxy) is 3. The maximum absolute atomic E-state index is 14.0. The van der Waals surface area contributed by atoms with Crippen molar-refractivity contribution in [3.05, 3.63) is 42.3 Å². The van der Waals surface area contributed by atoms with Crippen molar-refractivity contribution < 1.29 is 28.2 Å². The number of primary amides is 1. The number of nitrogens with two attached hydrogens (primary N) is 1. The van der Waals surface area contributed by atoms with Gasteiger partial charge in [0.05, 0.1) is 11.9 Å². The molecule has 2 aromatic rings. The maximum Gasteiger partial charge on any atom is 0.412 e. The smallest absolute Gasteiger partial charge is 0.412 e. The Bertz CT molecular complexity index is 963. The molecule has 0 saturated heterocycles. The molecule has 2 amide bonds. The molecule has 2 rings (SSSR count). The molecule has 0 aliphatic rings. The predicted molar refractivity (Wildman–Crippen MR) is 117 cm³/mol. The van der Waals surface area contributed by atoms with Gasteiger partial charge in [-0.15, -0.1) is 0 Å². The molecule has 11 heteroatoms. The normalized spacial score (nSPS) is 10.7. The SMILES string of the molecule is CCN(C(=S)OC(N)=O)c1ccc(Oc2ccc(F)c(NC(=O)OC(C)(C)C)c2)cn1. The van der Waals surface area contributed by atoms with Gasteiger partial charge in [-0.05, 0) is 64.2 Å². The number of rotatable bonds is 5. The summed E-state index contributed by atoms with van der Waals surface area (Å²) in [5.74, 6) is 0.374. The Kier molecular flexibility index (Phi) is 7.70. The summed E-state index contributed by atoms with van der Waals surface area (Å²) in [7, 11) is 0. The van der Waals surface area contributed by atoms with Crippen molar-refractivity contribution in [2.24, 2.45) is 5.73 Å². The van der Waals surface area contributed by atoms with Gasteiger partial charge in [0.1, 0.15) is 28.7 Å². The molecule has 0 unspecified atom stereocenters. The molecule has 1 heterocycles. The summed E-state index contributed by atoms with van der Waals surface area (Å²) in [6, 6.07) is 7.07. The van der Waals surface area contributed by atoms with E-state index in [4.69, 9.17) is 32.2 Å². The van der Waals surface area contributed by atoms with Gasteiger partial charge in [0.15, 0.2) is 0 Å². The summed E-state index contributed by atoms with van der Waals surface area (Å²) in [5, 5.41) is 2.22. The zero-order valence-electron chi connectivity index (χ0n) is 17.5. The Morgan fingerprint density at radius 2 is 1.90 bits per heavy atom. The van der Waals surface area contributed by atoms with Gasteiger partial charge in [0.25, 0.3) is 5.17 Å². The molecule has 166 valence electrons. The molecule has 9 nitrogen and oxygen atoms in total. The summed E-state index contributed by atoms with van der Waals surface area (Å²) < 4.78 is 29.6. The van der Waals surface area contributed by atoms with Crippen molar-refractivity contribution in [2.75, 3.05) is 16.8 Å². The molecule has 1 aromatic carbocycles. The predicted octanol–water partition coefficient (Wildman–Crippen LogP) is 4.57. The third-order valence-corrected chi connectivity index (χ3v) is 3.83. The zero-order chi connectivity index (χ0) is 23.2. The van der Waals surface area contributed by atoms with Crippen LogP contribution in [0.2, 0.25) is 0 Å². The summed E-state index contributed by atoms with van der Waals surface area (Å²) >= 11 is 5.02. The molecule has 0 saturated carbocycles. The quantitative estimate of drug-likeness (QED) is 0.637.